The van der Waals surface area contributed by atoms with Crippen molar-refractivity contribution >= 4 is 0 Å². The molecule has 0 spiro atoms. The van der Waals surface area contributed by atoms with Gasteiger partial charge in [-0.25, -0.2) is 0 Å². The van der Waals surface area contributed by atoms with Crippen LogP contribution in [-0.4, -0.2) is 0 Å². The standard InChI is InChI=1S/C16H19N/c1-13(14-9-5-3-6-10-14)16(2,17)15-11-7-4-8-12-15/h3-13H,17H2,1-2H3/t13-,16-/m0/s1. The zero-order valence-electron chi connectivity index (χ0n) is 10.4. The van der Waals surface area contributed by atoms with Crippen molar-refractivity contribution in [3.63, 3.8) is 0 Å². The van der Waals surface area contributed by atoms with Crippen LogP contribution in [0.4, 0.5) is 0 Å². The Hall–Kier alpha value is -1.60. The van der Waals surface area contributed by atoms with Gasteiger partial charge in [0, 0.05) is 11.5 Å². The maximum absolute atomic E-state index is 6.51. The summed E-state index contributed by atoms with van der Waals surface area (Å²) in [5.74, 6) is 0.283. The minimum absolute atomic E-state index is 0.283. The lowest BCUT2D eigenvalue weighted by molar-refractivity contribution is 0.411. The molecule has 0 saturated carbocycles. The molecular formula is C16H19N. The average molecular weight is 225 g/mol. The third kappa shape index (κ3) is 2.40. The van der Waals surface area contributed by atoms with Crippen LogP contribution >= 0.6 is 0 Å². The van der Waals surface area contributed by atoms with Crippen molar-refractivity contribution in [3.8, 4) is 0 Å². The van der Waals surface area contributed by atoms with Gasteiger partial charge in [-0.3, -0.25) is 0 Å². The topological polar surface area (TPSA) is 26.0 Å². The second kappa shape index (κ2) is 4.72. The third-order valence-electron chi connectivity index (χ3n) is 3.59. The van der Waals surface area contributed by atoms with Gasteiger partial charge in [-0.05, 0) is 18.1 Å². The summed E-state index contributed by atoms with van der Waals surface area (Å²) in [4.78, 5) is 0. The van der Waals surface area contributed by atoms with E-state index in [9.17, 15) is 0 Å². The Bertz CT molecular complexity index is 459. The van der Waals surface area contributed by atoms with Crippen LogP contribution < -0.4 is 5.73 Å². The van der Waals surface area contributed by atoms with Crippen LogP contribution in [0.2, 0.25) is 0 Å². The maximum atomic E-state index is 6.51. The summed E-state index contributed by atoms with van der Waals surface area (Å²) < 4.78 is 0. The summed E-state index contributed by atoms with van der Waals surface area (Å²) in [6.07, 6.45) is 0. The van der Waals surface area contributed by atoms with Gasteiger partial charge in [0.15, 0.2) is 0 Å². The molecule has 0 aromatic heterocycles. The normalized spacial score (nSPS) is 16.2. The highest BCUT2D eigenvalue weighted by Crippen LogP contribution is 2.33. The van der Waals surface area contributed by atoms with E-state index in [2.05, 4.69) is 50.2 Å². The molecule has 0 aliphatic rings. The van der Waals surface area contributed by atoms with E-state index in [4.69, 9.17) is 5.73 Å². The molecule has 0 amide bonds. The number of hydrogen-bond donors (Lipinski definition) is 1. The first-order valence-electron chi connectivity index (χ1n) is 6.01. The summed E-state index contributed by atoms with van der Waals surface area (Å²) in [5.41, 5.74) is 8.63. The lowest BCUT2D eigenvalue weighted by Crippen LogP contribution is -2.38. The van der Waals surface area contributed by atoms with Gasteiger partial charge in [-0.2, -0.15) is 0 Å². The first-order valence-corrected chi connectivity index (χ1v) is 6.01. The van der Waals surface area contributed by atoms with E-state index >= 15 is 0 Å². The van der Waals surface area contributed by atoms with Gasteiger partial charge in [0.05, 0.1) is 0 Å². The van der Waals surface area contributed by atoms with Crippen molar-refractivity contribution in [2.24, 2.45) is 5.73 Å². The predicted octanol–water partition coefficient (Wildman–Crippen LogP) is 3.66. The Labute approximate surface area is 103 Å². The SMILES string of the molecule is C[C@@H](c1ccccc1)[C@](C)(N)c1ccccc1. The molecular weight excluding hydrogens is 206 g/mol. The molecule has 0 heterocycles. The first kappa shape index (κ1) is 11.9. The fourth-order valence-corrected chi connectivity index (χ4v) is 2.14. The van der Waals surface area contributed by atoms with E-state index in [1.54, 1.807) is 0 Å². The molecule has 0 aliphatic carbocycles. The van der Waals surface area contributed by atoms with E-state index in [-0.39, 0.29) is 11.5 Å². The van der Waals surface area contributed by atoms with Gasteiger partial charge in [0.1, 0.15) is 0 Å². The Kier molecular flexibility index (Phi) is 3.30. The van der Waals surface area contributed by atoms with Crippen molar-refractivity contribution in [1.29, 1.82) is 0 Å². The highest BCUT2D eigenvalue weighted by molar-refractivity contribution is 5.31. The average Bonchev–Trinajstić information content (AvgIpc) is 2.40. The van der Waals surface area contributed by atoms with E-state index in [0.717, 1.165) is 0 Å². The van der Waals surface area contributed by atoms with Crippen LogP contribution in [0.3, 0.4) is 0 Å². The summed E-state index contributed by atoms with van der Waals surface area (Å²) in [6.45, 7) is 4.28. The van der Waals surface area contributed by atoms with Crippen LogP contribution in [0.15, 0.2) is 60.7 Å². The number of rotatable bonds is 3. The van der Waals surface area contributed by atoms with Crippen LogP contribution in [0, 0.1) is 0 Å². The molecule has 2 N–H and O–H groups in total. The van der Waals surface area contributed by atoms with E-state index < -0.39 is 0 Å². The number of hydrogen-bond acceptors (Lipinski definition) is 1. The van der Waals surface area contributed by atoms with Crippen molar-refractivity contribution in [3.05, 3.63) is 71.8 Å². The molecule has 0 bridgehead atoms. The van der Waals surface area contributed by atoms with Crippen molar-refractivity contribution in [1.82, 2.24) is 0 Å². The molecule has 2 atom stereocenters. The smallest absolute Gasteiger partial charge is 0.0447 e. The Morgan fingerprint density at radius 1 is 0.882 bits per heavy atom. The Morgan fingerprint density at radius 3 is 1.88 bits per heavy atom. The van der Waals surface area contributed by atoms with Crippen LogP contribution in [0.5, 0.6) is 0 Å². The quantitative estimate of drug-likeness (QED) is 0.847. The molecule has 88 valence electrons. The predicted molar refractivity (Wildman–Crippen MR) is 72.8 cm³/mol. The molecule has 2 aromatic carbocycles. The Balaban J connectivity index is 2.33. The van der Waals surface area contributed by atoms with Gasteiger partial charge in [-0.1, -0.05) is 67.6 Å². The molecule has 0 aliphatic heterocycles. The van der Waals surface area contributed by atoms with Crippen LogP contribution in [-0.2, 0) is 5.54 Å². The summed E-state index contributed by atoms with van der Waals surface area (Å²) in [5, 5.41) is 0. The zero-order chi connectivity index (χ0) is 12.3. The molecule has 0 radical (unpaired) electrons. The van der Waals surface area contributed by atoms with Crippen molar-refractivity contribution in [2.75, 3.05) is 0 Å². The summed E-state index contributed by atoms with van der Waals surface area (Å²) in [6, 6.07) is 20.7. The molecule has 17 heavy (non-hydrogen) atoms. The largest absolute Gasteiger partial charge is 0.321 e. The lowest BCUT2D eigenvalue weighted by atomic mass is 9.78. The van der Waals surface area contributed by atoms with Gasteiger partial charge < -0.3 is 5.73 Å². The van der Waals surface area contributed by atoms with Gasteiger partial charge in [0.25, 0.3) is 0 Å². The van der Waals surface area contributed by atoms with Gasteiger partial charge in [-0.15, -0.1) is 0 Å². The van der Waals surface area contributed by atoms with Crippen LogP contribution in [0.1, 0.15) is 30.9 Å². The first-order chi connectivity index (χ1) is 8.12. The number of nitrogens with two attached hydrogens (primary N) is 1. The van der Waals surface area contributed by atoms with E-state index in [1.165, 1.54) is 11.1 Å². The fourth-order valence-electron chi connectivity index (χ4n) is 2.14. The molecule has 0 fully saturated rings. The highest BCUT2D eigenvalue weighted by atomic mass is 14.7. The highest BCUT2D eigenvalue weighted by Gasteiger charge is 2.29. The molecule has 2 aromatic rings. The van der Waals surface area contributed by atoms with E-state index in [0.29, 0.717) is 0 Å². The Morgan fingerprint density at radius 2 is 1.35 bits per heavy atom. The summed E-state index contributed by atoms with van der Waals surface area (Å²) >= 11 is 0. The van der Waals surface area contributed by atoms with Crippen molar-refractivity contribution < 1.29 is 0 Å². The minimum Gasteiger partial charge on any atom is -0.321 e. The molecule has 0 unspecified atom stereocenters. The van der Waals surface area contributed by atoms with Gasteiger partial charge >= 0.3 is 0 Å². The van der Waals surface area contributed by atoms with Crippen LogP contribution in [0.25, 0.3) is 0 Å². The number of benzene rings is 2. The second-order valence-corrected chi connectivity index (χ2v) is 4.78. The van der Waals surface area contributed by atoms with Gasteiger partial charge in [0.2, 0.25) is 0 Å². The fraction of sp³-hybridized carbons (Fsp3) is 0.250. The molecule has 1 nitrogen and oxygen atoms in total. The summed E-state index contributed by atoms with van der Waals surface area (Å²) in [7, 11) is 0. The lowest BCUT2D eigenvalue weighted by Gasteiger charge is -2.32. The molecule has 1 heteroatoms. The third-order valence-corrected chi connectivity index (χ3v) is 3.59. The van der Waals surface area contributed by atoms with E-state index in [1.807, 2.05) is 24.3 Å². The van der Waals surface area contributed by atoms with Crippen molar-refractivity contribution in [2.45, 2.75) is 25.3 Å². The maximum Gasteiger partial charge on any atom is 0.0447 e. The monoisotopic (exact) mass is 225 g/mol. The zero-order valence-corrected chi connectivity index (χ0v) is 10.4. The minimum atomic E-state index is -0.345. The second-order valence-electron chi connectivity index (χ2n) is 4.78. The molecule has 2 rings (SSSR count). The molecule has 0 saturated heterocycles.